The minimum Gasteiger partial charge on any atom is -0.496 e. The molecule has 21 heavy (non-hydrogen) atoms. The van der Waals surface area contributed by atoms with Gasteiger partial charge in [0.25, 0.3) is 0 Å². The lowest BCUT2D eigenvalue weighted by Gasteiger charge is -2.16. The molecule has 0 amide bonds. The van der Waals surface area contributed by atoms with Gasteiger partial charge in [-0.25, -0.2) is 0 Å². The Morgan fingerprint density at radius 1 is 1.24 bits per heavy atom. The molecular weight excluding hydrogens is 260 g/mol. The van der Waals surface area contributed by atoms with Crippen molar-refractivity contribution in [2.75, 3.05) is 7.11 Å². The van der Waals surface area contributed by atoms with E-state index in [9.17, 15) is 0 Å². The van der Waals surface area contributed by atoms with Crippen LogP contribution in [0.2, 0.25) is 0 Å². The zero-order valence-electron chi connectivity index (χ0n) is 12.7. The third-order valence-electron chi connectivity index (χ3n) is 3.55. The van der Waals surface area contributed by atoms with Crippen molar-refractivity contribution in [3.8, 4) is 11.8 Å². The van der Waals surface area contributed by atoms with Crippen molar-refractivity contribution < 1.29 is 4.74 Å². The number of hydrogen-bond donors (Lipinski definition) is 1. The molecule has 3 heteroatoms. The molecule has 0 radical (unpaired) electrons. The lowest BCUT2D eigenvalue weighted by atomic mass is 10.0. The predicted molar refractivity (Wildman–Crippen MR) is 84.1 cm³/mol. The summed E-state index contributed by atoms with van der Waals surface area (Å²) in [6, 6.07) is 16.3. The summed E-state index contributed by atoms with van der Waals surface area (Å²) in [6.07, 6.45) is 0. The molecule has 0 saturated heterocycles. The van der Waals surface area contributed by atoms with Crippen LogP contribution in [0.4, 0.5) is 0 Å². The summed E-state index contributed by atoms with van der Waals surface area (Å²) in [4.78, 5) is 0. The number of benzene rings is 2. The Kier molecular flexibility index (Phi) is 4.97. The van der Waals surface area contributed by atoms with Crippen LogP contribution in [-0.2, 0) is 6.54 Å². The number of nitriles is 1. The summed E-state index contributed by atoms with van der Waals surface area (Å²) < 4.78 is 5.35. The van der Waals surface area contributed by atoms with Crippen molar-refractivity contribution in [2.45, 2.75) is 26.4 Å². The zero-order chi connectivity index (χ0) is 15.2. The minimum absolute atomic E-state index is 0.236. The van der Waals surface area contributed by atoms with E-state index in [1.54, 1.807) is 13.2 Å². The molecule has 0 aromatic heterocycles. The molecule has 0 saturated carbocycles. The van der Waals surface area contributed by atoms with Crippen molar-refractivity contribution in [3.63, 3.8) is 0 Å². The topological polar surface area (TPSA) is 45.0 Å². The average Bonchev–Trinajstić information content (AvgIpc) is 2.52. The van der Waals surface area contributed by atoms with Crippen molar-refractivity contribution in [1.29, 1.82) is 5.26 Å². The summed E-state index contributed by atoms with van der Waals surface area (Å²) in [5.74, 6) is 0.804. The quantitative estimate of drug-likeness (QED) is 0.907. The largest absolute Gasteiger partial charge is 0.496 e. The smallest absolute Gasteiger partial charge is 0.123 e. The van der Waals surface area contributed by atoms with Gasteiger partial charge in [0.05, 0.1) is 18.7 Å². The molecule has 0 unspecified atom stereocenters. The maximum atomic E-state index is 9.00. The number of nitrogens with one attached hydrogen (secondary N) is 1. The average molecular weight is 280 g/mol. The van der Waals surface area contributed by atoms with Gasteiger partial charge >= 0.3 is 0 Å². The van der Waals surface area contributed by atoms with Crippen molar-refractivity contribution in [3.05, 3.63) is 64.7 Å². The van der Waals surface area contributed by atoms with Crippen LogP contribution in [0.25, 0.3) is 0 Å². The van der Waals surface area contributed by atoms with Gasteiger partial charge in [-0.1, -0.05) is 29.8 Å². The Bertz CT molecular complexity index is 659. The van der Waals surface area contributed by atoms with E-state index in [1.807, 2.05) is 12.1 Å². The number of nitrogens with zero attached hydrogens (tertiary/aromatic N) is 1. The summed E-state index contributed by atoms with van der Waals surface area (Å²) in [5.41, 5.74) is 4.16. The third kappa shape index (κ3) is 3.84. The van der Waals surface area contributed by atoms with Gasteiger partial charge in [0, 0.05) is 18.2 Å². The molecule has 0 spiro atoms. The first-order valence-corrected chi connectivity index (χ1v) is 7.01. The molecule has 2 aromatic carbocycles. The Morgan fingerprint density at radius 2 is 2.05 bits per heavy atom. The molecule has 3 nitrogen and oxygen atoms in total. The van der Waals surface area contributed by atoms with E-state index in [0.717, 1.165) is 11.3 Å². The van der Waals surface area contributed by atoms with E-state index in [2.05, 4.69) is 49.5 Å². The SMILES string of the molecule is COc1ccc(C#N)cc1CN[C@H](C)c1cccc(C)c1. The summed E-state index contributed by atoms with van der Waals surface area (Å²) >= 11 is 0. The van der Waals surface area contributed by atoms with Crippen LogP contribution >= 0.6 is 0 Å². The number of ether oxygens (including phenoxy) is 1. The van der Waals surface area contributed by atoms with Gasteiger partial charge in [0.15, 0.2) is 0 Å². The molecule has 0 aliphatic carbocycles. The maximum Gasteiger partial charge on any atom is 0.123 e. The van der Waals surface area contributed by atoms with Gasteiger partial charge in [-0.15, -0.1) is 0 Å². The predicted octanol–water partition coefficient (Wildman–Crippen LogP) is 3.73. The van der Waals surface area contributed by atoms with E-state index < -0.39 is 0 Å². The van der Waals surface area contributed by atoms with Gasteiger partial charge < -0.3 is 10.1 Å². The van der Waals surface area contributed by atoms with Gasteiger partial charge in [-0.05, 0) is 37.6 Å². The monoisotopic (exact) mass is 280 g/mol. The highest BCUT2D eigenvalue weighted by Crippen LogP contribution is 2.21. The fourth-order valence-electron chi connectivity index (χ4n) is 2.31. The molecule has 108 valence electrons. The van der Waals surface area contributed by atoms with Crippen molar-refractivity contribution in [2.24, 2.45) is 0 Å². The summed E-state index contributed by atoms with van der Waals surface area (Å²) in [5, 5.41) is 12.5. The summed E-state index contributed by atoms with van der Waals surface area (Å²) in [6.45, 7) is 4.89. The summed E-state index contributed by atoms with van der Waals surface area (Å²) in [7, 11) is 1.65. The highest BCUT2D eigenvalue weighted by Gasteiger charge is 2.08. The molecule has 0 aliphatic heterocycles. The molecule has 1 atom stereocenters. The van der Waals surface area contributed by atoms with Gasteiger partial charge in [-0.3, -0.25) is 0 Å². The van der Waals surface area contributed by atoms with Crippen molar-refractivity contribution >= 4 is 0 Å². The lowest BCUT2D eigenvalue weighted by molar-refractivity contribution is 0.406. The maximum absolute atomic E-state index is 9.00. The van der Waals surface area contributed by atoms with E-state index in [1.165, 1.54) is 11.1 Å². The third-order valence-corrected chi connectivity index (χ3v) is 3.55. The van der Waals surface area contributed by atoms with Gasteiger partial charge in [-0.2, -0.15) is 5.26 Å². The van der Waals surface area contributed by atoms with Crippen LogP contribution in [-0.4, -0.2) is 7.11 Å². The molecule has 2 aromatic rings. The lowest BCUT2D eigenvalue weighted by Crippen LogP contribution is -2.18. The van der Waals surface area contributed by atoms with Gasteiger partial charge in [0.1, 0.15) is 5.75 Å². The van der Waals surface area contributed by atoms with Crippen LogP contribution in [0.5, 0.6) is 5.75 Å². The number of aryl methyl sites for hydroxylation is 1. The second kappa shape index (κ2) is 6.92. The number of methoxy groups -OCH3 is 1. The van der Waals surface area contributed by atoms with E-state index in [0.29, 0.717) is 12.1 Å². The molecule has 2 rings (SSSR count). The van der Waals surface area contributed by atoms with Crippen LogP contribution in [0.3, 0.4) is 0 Å². The standard InChI is InChI=1S/C18H20N2O/c1-13-5-4-6-16(9-13)14(2)20-12-17-10-15(11-19)7-8-18(17)21-3/h4-10,14,20H,12H2,1-3H3/t14-/m1/s1. The van der Waals surface area contributed by atoms with E-state index in [4.69, 9.17) is 10.00 Å². The first kappa shape index (κ1) is 15.1. The normalized spacial score (nSPS) is 11.7. The van der Waals surface area contributed by atoms with E-state index >= 15 is 0 Å². The number of rotatable bonds is 5. The molecule has 0 aliphatic rings. The fraction of sp³-hybridized carbons (Fsp3) is 0.278. The highest BCUT2D eigenvalue weighted by atomic mass is 16.5. The van der Waals surface area contributed by atoms with Crippen LogP contribution in [0, 0.1) is 18.3 Å². The highest BCUT2D eigenvalue weighted by molar-refractivity contribution is 5.42. The van der Waals surface area contributed by atoms with Crippen LogP contribution in [0.1, 0.15) is 35.2 Å². The van der Waals surface area contributed by atoms with Crippen molar-refractivity contribution in [1.82, 2.24) is 5.32 Å². The Hall–Kier alpha value is -2.31. The molecule has 0 bridgehead atoms. The zero-order valence-corrected chi connectivity index (χ0v) is 12.7. The Morgan fingerprint density at radius 3 is 2.71 bits per heavy atom. The van der Waals surface area contributed by atoms with Crippen LogP contribution < -0.4 is 10.1 Å². The fourth-order valence-corrected chi connectivity index (χ4v) is 2.31. The van der Waals surface area contributed by atoms with Gasteiger partial charge in [0.2, 0.25) is 0 Å². The molecular formula is C18H20N2O. The van der Waals surface area contributed by atoms with E-state index in [-0.39, 0.29) is 6.04 Å². The molecule has 1 N–H and O–H groups in total. The second-order valence-corrected chi connectivity index (χ2v) is 5.16. The number of hydrogen-bond acceptors (Lipinski definition) is 3. The first-order chi connectivity index (χ1) is 10.1. The first-order valence-electron chi connectivity index (χ1n) is 7.01. The Labute approximate surface area is 126 Å². The van der Waals surface area contributed by atoms with Crippen LogP contribution in [0.15, 0.2) is 42.5 Å². The second-order valence-electron chi connectivity index (χ2n) is 5.16. The Balaban J connectivity index is 2.10. The molecule has 0 heterocycles. The minimum atomic E-state index is 0.236. The molecule has 0 fully saturated rings.